The average Bonchev–Trinajstić information content (AvgIpc) is 3.01. The lowest BCUT2D eigenvalue weighted by Crippen LogP contribution is -2.27. The van der Waals surface area contributed by atoms with Gasteiger partial charge < -0.3 is 10.1 Å². The first-order chi connectivity index (χ1) is 8.78. The number of hydrogen-bond donors (Lipinski definition) is 1. The summed E-state index contributed by atoms with van der Waals surface area (Å²) in [5.74, 6) is 2.53. The Morgan fingerprint density at radius 2 is 2.11 bits per heavy atom. The molecule has 2 saturated carbocycles. The van der Waals surface area contributed by atoms with Crippen molar-refractivity contribution in [1.82, 2.24) is 0 Å². The number of methoxy groups -OCH3 is 1. The predicted octanol–water partition coefficient (Wildman–Crippen LogP) is 3.07. The van der Waals surface area contributed by atoms with E-state index in [0.29, 0.717) is 5.92 Å². The summed E-state index contributed by atoms with van der Waals surface area (Å²) in [6.07, 6.45) is 4.88. The maximum absolute atomic E-state index is 12.3. The Kier molecular flexibility index (Phi) is 2.98. The highest BCUT2D eigenvalue weighted by molar-refractivity contribution is 5.94. The van der Waals surface area contributed by atoms with Gasteiger partial charge in [0, 0.05) is 5.92 Å². The second-order valence-electron chi connectivity index (χ2n) is 5.47. The molecular weight excluding hydrogens is 226 g/mol. The van der Waals surface area contributed by atoms with Gasteiger partial charge in [0.1, 0.15) is 5.75 Å². The van der Waals surface area contributed by atoms with Gasteiger partial charge in [0.25, 0.3) is 0 Å². The molecule has 3 atom stereocenters. The molecule has 3 rings (SSSR count). The van der Waals surface area contributed by atoms with Crippen LogP contribution in [0.5, 0.6) is 5.75 Å². The molecule has 0 radical (unpaired) electrons. The second kappa shape index (κ2) is 4.63. The summed E-state index contributed by atoms with van der Waals surface area (Å²) < 4.78 is 5.26. The molecule has 1 amide bonds. The van der Waals surface area contributed by atoms with E-state index in [2.05, 4.69) is 5.32 Å². The standard InChI is InChI=1S/C15H19NO2/c1-18-14-5-3-2-4-13(14)16-15(17)12-9-10-6-7-11(12)8-10/h2-5,10-12H,6-9H2,1H3,(H,16,17)/t10-,11-,12+/m0/s1. The van der Waals surface area contributed by atoms with E-state index < -0.39 is 0 Å². The van der Waals surface area contributed by atoms with Crippen molar-refractivity contribution in [3.8, 4) is 5.75 Å². The van der Waals surface area contributed by atoms with E-state index in [1.54, 1.807) is 7.11 Å². The maximum Gasteiger partial charge on any atom is 0.227 e. The molecule has 0 aromatic heterocycles. The predicted molar refractivity (Wildman–Crippen MR) is 70.6 cm³/mol. The van der Waals surface area contributed by atoms with E-state index in [4.69, 9.17) is 4.74 Å². The van der Waals surface area contributed by atoms with Crippen LogP contribution in [-0.2, 0) is 4.79 Å². The molecule has 1 aromatic rings. The third-order valence-corrected chi connectivity index (χ3v) is 4.44. The van der Waals surface area contributed by atoms with Crippen molar-refractivity contribution in [3.05, 3.63) is 24.3 Å². The van der Waals surface area contributed by atoms with E-state index in [1.807, 2.05) is 24.3 Å². The van der Waals surface area contributed by atoms with Crippen LogP contribution in [-0.4, -0.2) is 13.0 Å². The first-order valence-corrected chi connectivity index (χ1v) is 6.72. The number of anilines is 1. The number of carbonyl (C=O) groups excluding carboxylic acids is 1. The molecule has 96 valence electrons. The molecule has 3 heteroatoms. The summed E-state index contributed by atoms with van der Waals surface area (Å²) in [6.45, 7) is 0. The smallest absolute Gasteiger partial charge is 0.227 e. The van der Waals surface area contributed by atoms with E-state index in [1.165, 1.54) is 19.3 Å². The summed E-state index contributed by atoms with van der Waals surface area (Å²) in [6, 6.07) is 7.59. The van der Waals surface area contributed by atoms with E-state index in [-0.39, 0.29) is 11.8 Å². The molecular formula is C15H19NO2. The van der Waals surface area contributed by atoms with Crippen molar-refractivity contribution in [2.45, 2.75) is 25.7 Å². The first-order valence-electron chi connectivity index (χ1n) is 6.72. The minimum absolute atomic E-state index is 0.173. The quantitative estimate of drug-likeness (QED) is 0.888. The summed E-state index contributed by atoms with van der Waals surface area (Å²) in [5.41, 5.74) is 0.785. The lowest BCUT2D eigenvalue weighted by molar-refractivity contribution is -0.121. The van der Waals surface area contributed by atoms with Crippen LogP contribution in [0, 0.1) is 17.8 Å². The molecule has 0 aliphatic heterocycles. The lowest BCUT2D eigenvalue weighted by Gasteiger charge is -2.21. The SMILES string of the molecule is COc1ccccc1NC(=O)[C@@H]1C[C@H]2CC[C@H]1C2. The Morgan fingerprint density at radius 1 is 1.28 bits per heavy atom. The molecule has 2 bridgehead atoms. The summed E-state index contributed by atoms with van der Waals surface area (Å²) >= 11 is 0. The van der Waals surface area contributed by atoms with Crippen LogP contribution in [0.1, 0.15) is 25.7 Å². The third kappa shape index (κ3) is 1.98. The Bertz CT molecular complexity index is 458. The molecule has 0 unspecified atom stereocenters. The normalized spacial score (nSPS) is 29.3. The zero-order chi connectivity index (χ0) is 12.5. The van der Waals surface area contributed by atoms with Crippen molar-refractivity contribution in [3.63, 3.8) is 0 Å². The molecule has 0 saturated heterocycles. The van der Waals surface area contributed by atoms with Gasteiger partial charge in [-0.25, -0.2) is 0 Å². The van der Waals surface area contributed by atoms with Gasteiger partial charge >= 0.3 is 0 Å². The maximum atomic E-state index is 12.3. The number of carbonyl (C=O) groups is 1. The van der Waals surface area contributed by atoms with Crippen molar-refractivity contribution >= 4 is 11.6 Å². The number of ether oxygens (including phenoxy) is 1. The summed E-state index contributed by atoms with van der Waals surface area (Å²) in [5, 5.41) is 3.02. The summed E-state index contributed by atoms with van der Waals surface area (Å²) in [4.78, 5) is 12.3. The molecule has 1 N–H and O–H groups in total. The molecule has 3 nitrogen and oxygen atoms in total. The van der Waals surface area contributed by atoms with Gasteiger partial charge in [0.15, 0.2) is 0 Å². The average molecular weight is 245 g/mol. The van der Waals surface area contributed by atoms with Crippen LogP contribution < -0.4 is 10.1 Å². The number of nitrogens with one attached hydrogen (secondary N) is 1. The van der Waals surface area contributed by atoms with Gasteiger partial charge in [-0.3, -0.25) is 4.79 Å². The molecule has 18 heavy (non-hydrogen) atoms. The highest BCUT2D eigenvalue weighted by Gasteiger charge is 2.43. The minimum Gasteiger partial charge on any atom is -0.495 e. The molecule has 0 spiro atoms. The van der Waals surface area contributed by atoms with Crippen LogP contribution in [0.15, 0.2) is 24.3 Å². The fraction of sp³-hybridized carbons (Fsp3) is 0.533. The van der Waals surface area contributed by atoms with Crippen LogP contribution in [0.2, 0.25) is 0 Å². The Morgan fingerprint density at radius 3 is 2.78 bits per heavy atom. The fourth-order valence-electron chi connectivity index (χ4n) is 3.54. The minimum atomic E-state index is 0.173. The Labute approximate surface area is 108 Å². The second-order valence-corrected chi connectivity index (χ2v) is 5.47. The lowest BCUT2D eigenvalue weighted by atomic mass is 9.88. The van der Waals surface area contributed by atoms with Gasteiger partial charge in [-0.1, -0.05) is 18.6 Å². The van der Waals surface area contributed by atoms with Crippen LogP contribution in [0.3, 0.4) is 0 Å². The van der Waals surface area contributed by atoms with Crippen LogP contribution in [0.4, 0.5) is 5.69 Å². The first kappa shape index (κ1) is 11.6. The molecule has 2 aliphatic carbocycles. The molecule has 1 aromatic carbocycles. The number of para-hydroxylation sites is 2. The largest absolute Gasteiger partial charge is 0.495 e. The molecule has 0 heterocycles. The van der Waals surface area contributed by atoms with Gasteiger partial charge in [-0.2, -0.15) is 0 Å². The zero-order valence-electron chi connectivity index (χ0n) is 10.7. The summed E-state index contributed by atoms with van der Waals surface area (Å²) in [7, 11) is 1.63. The Balaban J connectivity index is 1.71. The monoisotopic (exact) mass is 245 g/mol. The van der Waals surface area contributed by atoms with E-state index in [9.17, 15) is 4.79 Å². The number of fused-ring (bicyclic) bond motifs is 2. The van der Waals surface area contributed by atoms with Crippen molar-refractivity contribution < 1.29 is 9.53 Å². The number of hydrogen-bond acceptors (Lipinski definition) is 2. The highest BCUT2D eigenvalue weighted by Crippen LogP contribution is 2.48. The number of benzene rings is 1. The zero-order valence-corrected chi connectivity index (χ0v) is 10.7. The Hall–Kier alpha value is -1.51. The van der Waals surface area contributed by atoms with E-state index >= 15 is 0 Å². The fourth-order valence-corrected chi connectivity index (χ4v) is 3.54. The van der Waals surface area contributed by atoms with Gasteiger partial charge in [-0.05, 0) is 43.2 Å². The number of amides is 1. The molecule has 2 fully saturated rings. The third-order valence-electron chi connectivity index (χ3n) is 4.44. The van der Waals surface area contributed by atoms with Crippen molar-refractivity contribution in [1.29, 1.82) is 0 Å². The van der Waals surface area contributed by atoms with Crippen molar-refractivity contribution in [2.24, 2.45) is 17.8 Å². The van der Waals surface area contributed by atoms with Gasteiger partial charge in [0.05, 0.1) is 12.8 Å². The van der Waals surface area contributed by atoms with E-state index in [0.717, 1.165) is 23.8 Å². The van der Waals surface area contributed by atoms with Crippen LogP contribution in [0.25, 0.3) is 0 Å². The van der Waals surface area contributed by atoms with Gasteiger partial charge in [0.2, 0.25) is 5.91 Å². The number of rotatable bonds is 3. The highest BCUT2D eigenvalue weighted by atomic mass is 16.5. The van der Waals surface area contributed by atoms with Crippen LogP contribution >= 0.6 is 0 Å². The van der Waals surface area contributed by atoms with Crippen molar-refractivity contribution in [2.75, 3.05) is 12.4 Å². The van der Waals surface area contributed by atoms with Gasteiger partial charge in [-0.15, -0.1) is 0 Å². The topological polar surface area (TPSA) is 38.3 Å². The molecule has 2 aliphatic rings.